The van der Waals surface area contributed by atoms with Crippen molar-refractivity contribution >= 4 is 17.5 Å². The van der Waals surface area contributed by atoms with E-state index in [0.717, 1.165) is 17.3 Å². The number of aromatic nitrogens is 2. The van der Waals surface area contributed by atoms with E-state index in [-0.39, 0.29) is 29.4 Å². The minimum Gasteiger partial charge on any atom is -0.366 e. The molecule has 1 heterocycles. The van der Waals surface area contributed by atoms with Crippen LogP contribution in [0.25, 0.3) is 5.69 Å². The van der Waals surface area contributed by atoms with Gasteiger partial charge in [0.25, 0.3) is 5.91 Å². The molecular weight excluding hydrogens is 366 g/mol. The minimum absolute atomic E-state index is 0.0299. The van der Waals surface area contributed by atoms with Gasteiger partial charge in [-0.3, -0.25) is 9.59 Å². The molecule has 0 bridgehead atoms. The van der Waals surface area contributed by atoms with Crippen LogP contribution in [0.1, 0.15) is 27.3 Å². The van der Waals surface area contributed by atoms with Crippen molar-refractivity contribution < 1.29 is 18.4 Å². The summed E-state index contributed by atoms with van der Waals surface area (Å²) in [7, 11) is 0. The van der Waals surface area contributed by atoms with Crippen molar-refractivity contribution in [3.8, 4) is 5.69 Å². The Bertz CT molecular complexity index is 1060. The Morgan fingerprint density at radius 2 is 1.79 bits per heavy atom. The average Bonchev–Trinajstić information content (AvgIpc) is 2.92. The third-order valence-electron chi connectivity index (χ3n) is 4.37. The first kappa shape index (κ1) is 19.2. The first-order valence-electron chi connectivity index (χ1n) is 8.46. The van der Waals surface area contributed by atoms with E-state index in [1.165, 1.54) is 24.3 Å². The van der Waals surface area contributed by atoms with Crippen LogP contribution in [0.4, 0.5) is 14.5 Å². The molecule has 2 aromatic carbocycles. The van der Waals surface area contributed by atoms with Crippen molar-refractivity contribution in [1.29, 1.82) is 0 Å². The molecule has 8 heteroatoms. The quantitative estimate of drug-likeness (QED) is 0.708. The predicted octanol–water partition coefficient (Wildman–Crippen LogP) is 3.05. The SMILES string of the molecule is Cc1nn(-c2ccc(F)cc2)c(C)c1CC(=O)Nc1ccc(F)c(C(N)=O)c1. The maximum atomic E-state index is 13.6. The Balaban J connectivity index is 1.80. The zero-order valence-corrected chi connectivity index (χ0v) is 15.3. The van der Waals surface area contributed by atoms with Gasteiger partial charge in [-0.2, -0.15) is 5.10 Å². The van der Waals surface area contributed by atoms with E-state index in [4.69, 9.17) is 5.73 Å². The van der Waals surface area contributed by atoms with E-state index in [1.807, 2.05) is 6.92 Å². The molecule has 0 aliphatic rings. The molecule has 2 amide bonds. The normalized spacial score (nSPS) is 10.7. The number of rotatable bonds is 5. The van der Waals surface area contributed by atoms with Crippen LogP contribution in [0.5, 0.6) is 0 Å². The Kier molecular flexibility index (Phi) is 5.21. The molecule has 1 aromatic heterocycles. The van der Waals surface area contributed by atoms with Crippen LogP contribution in [0.15, 0.2) is 42.5 Å². The van der Waals surface area contributed by atoms with Crippen LogP contribution < -0.4 is 11.1 Å². The lowest BCUT2D eigenvalue weighted by atomic mass is 10.1. The van der Waals surface area contributed by atoms with E-state index in [2.05, 4.69) is 10.4 Å². The molecule has 0 unspecified atom stereocenters. The van der Waals surface area contributed by atoms with Gasteiger partial charge in [-0.05, 0) is 56.3 Å². The third kappa shape index (κ3) is 3.90. The second kappa shape index (κ2) is 7.59. The lowest BCUT2D eigenvalue weighted by Gasteiger charge is -2.08. The maximum Gasteiger partial charge on any atom is 0.251 e. The lowest BCUT2D eigenvalue weighted by Crippen LogP contribution is -2.17. The molecule has 28 heavy (non-hydrogen) atoms. The van der Waals surface area contributed by atoms with Gasteiger partial charge in [0.05, 0.1) is 23.4 Å². The van der Waals surface area contributed by atoms with Crippen LogP contribution in [0, 0.1) is 25.5 Å². The van der Waals surface area contributed by atoms with Crippen LogP contribution in [0.3, 0.4) is 0 Å². The first-order valence-corrected chi connectivity index (χ1v) is 8.46. The zero-order valence-electron chi connectivity index (χ0n) is 15.3. The van der Waals surface area contributed by atoms with Crippen molar-refractivity contribution in [3.63, 3.8) is 0 Å². The van der Waals surface area contributed by atoms with Crippen LogP contribution in [-0.4, -0.2) is 21.6 Å². The van der Waals surface area contributed by atoms with Crippen molar-refractivity contribution in [2.45, 2.75) is 20.3 Å². The fraction of sp³-hybridized carbons (Fsp3) is 0.150. The molecule has 3 aromatic rings. The van der Waals surface area contributed by atoms with Gasteiger partial charge in [-0.25, -0.2) is 13.5 Å². The average molecular weight is 384 g/mol. The molecule has 144 valence electrons. The molecule has 6 nitrogen and oxygen atoms in total. The maximum absolute atomic E-state index is 13.6. The number of benzene rings is 2. The van der Waals surface area contributed by atoms with Crippen molar-refractivity contribution in [1.82, 2.24) is 9.78 Å². The standard InChI is InChI=1S/C20H18F2N4O2/c1-11-16(12(2)26(25-11)15-6-3-13(21)4-7-15)10-19(27)24-14-5-8-18(22)17(9-14)20(23)28/h3-9H,10H2,1-2H3,(H2,23,28)(H,24,27). The highest BCUT2D eigenvalue weighted by Crippen LogP contribution is 2.20. The highest BCUT2D eigenvalue weighted by atomic mass is 19.1. The molecule has 0 atom stereocenters. The Morgan fingerprint density at radius 1 is 1.11 bits per heavy atom. The summed E-state index contributed by atoms with van der Waals surface area (Å²) in [5, 5.41) is 7.05. The minimum atomic E-state index is -0.916. The fourth-order valence-electron chi connectivity index (χ4n) is 2.92. The summed E-state index contributed by atoms with van der Waals surface area (Å²) >= 11 is 0. The number of carbonyl (C=O) groups excluding carboxylic acids is 2. The van der Waals surface area contributed by atoms with Gasteiger partial charge in [0.1, 0.15) is 11.6 Å². The number of amides is 2. The predicted molar refractivity (Wildman–Crippen MR) is 100 cm³/mol. The summed E-state index contributed by atoms with van der Waals surface area (Å²) in [6, 6.07) is 9.48. The molecule has 0 aliphatic carbocycles. The number of primary amides is 1. The molecule has 0 saturated carbocycles. The second-order valence-corrected chi connectivity index (χ2v) is 6.32. The molecule has 0 aliphatic heterocycles. The summed E-state index contributed by atoms with van der Waals surface area (Å²) < 4.78 is 28.3. The van der Waals surface area contributed by atoms with Crippen molar-refractivity contribution in [2.75, 3.05) is 5.32 Å². The monoisotopic (exact) mass is 384 g/mol. The topological polar surface area (TPSA) is 90.0 Å². The molecule has 0 radical (unpaired) electrons. The number of nitrogens with one attached hydrogen (secondary N) is 1. The Hall–Kier alpha value is -3.55. The van der Waals surface area contributed by atoms with Crippen LogP contribution in [0.2, 0.25) is 0 Å². The van der Waals surface area contributed by atoms with Gasteiger partial charge >= 0.3 is 0 Å². The van der Waals surface area contributed by atoms with Gasteiger partial charge in [0.15, 0.2) is 0 Å². The van der Waals surface area contributed by atoms with Gasteiger partial charge in [-0.1, -0.05) is 0 Å². The van der Waals surface area contributed by atoms with Gasteiger partial charge in [0, 0.05) is 16.9 Å². The molecule has 0 saturated heterocycles. The highest BCUT2D eigenvalue weighted by molar-refractivity contribution is 5.97. The number of hydrogen-bond donors (Lipinski definition) is 2. The molecular formula is C20H18F2N4O2. The fourth-order valence-corrected chi connectivity index (χ4v) is 2.92. The van der Waals surface area contributed by atoms with Gasteiger partial charge in [-0.15, -0.1) is 0 Å². The summed E-state index contributed by atoms with van der Waals surface area (Å²) in [6.45, 7) is 3.59. The number of nitrogens with zero attached hydrogens (tertiary/aromatic N) is 2. The van der Waals surface area contributed by atoms with E-state index in [9.17, 15) is 18.4 Å². The first-order chi connectivity index (χ1) is 13.3. The van der Waals surface area contributed by atoms with Gasteiger partial charge < -0.3 is 11.1 Å². The zero-order chi connectivity index (χ0) is 20.4. The van der Waals surface area contributed by atoms with Crippen molar-refractivity contribution in [2.24, 2.45) is 5.73 Å². The smallest absolute Gasteiger partial charge is 0.251 e. The van der Waals surface area contributed by atoms with E-state index in [0.29, 0.717) is 11.4 Å². The lowest BCUT2D eigenvalue weighted by molar-refractivity contribution is -0.115. The van der Waals surface area contributed by atoms with E-state index in [1.54, 1.807) is 23.7 Å². The molecule has 0 spiro atoms. The van der Waals surface area contributed by atoms with Crippen molar-refractivity contribution in [3.05, 3.63) is 76.6 Å². The Labute approximate surface area is 160 Å². The van der Waals surface area contributed by atoms with Crippen LogP contribution in [-0.2, 0) is 11.2 Å². The van der Waals surface area contributed by atoms with Crippen LogP contribution >= 0.6 is 0 Å². The largest absolute Gasteiger partial charge is 0.366 e. The third-order valence-corrected chi connectivity index (χ3v) is 4.37. The number of nitrogens with two attached hydrogens (primary N) is 1. The summed E-state index contributed by atoms with van der Waals surface area (Å²) in [5.41, 5.74) is 7.89. The number of halogens is 2. The highest BCUT2D eigenvalue weighted by Gasteiger charge is 2.17. The molecule has 3 N–H and O–H groups in total. The van der Waals surface area contributed by atoms with Gasteiger partial charge in [0.2, 0.25) is 5.91 Å². The number of hydrogen-bond acceptors (Lipinski definition) is 3. The number of anilines is 1. The number of aryl methyl sites for hydroxylation is 1. The Morgan fingerprint density at radius 3 is 2.43 bits per heavy atom. The summed E-state index contributed by atoms with van der Waals surface area (Å²) in [6.07, 6.45) is 0.0299. The summed E-state index contributed by atoms with van der Waals surface area (Å²) in [4.78, 5) is 23.7. The summed E-state index contributed by atoms with van der Waals surface area (Å²) in [5.74, 6) is -2.37. The molecule has 3 rings (SSSR count). The molecule has 0 fully saturated rings. The second-order valence-electron chi connectivity index (χ2n) is 6.32. The number of carbonyl (C=O) groups is 2. The van der Waals surface area contributed by atoms with E-state index < -0.39 is 11.7 Å². The van der Waals surface area contributed by atoms with E-state index >= 15 is 0 Å².